The van der Waals surface area contributed by atoms with Crippen molar-refractivity contribution in [3.63, 3.8) is 0 Å². The SMILES string of the molecule is [2H]c1c([2H])c([2H])c2c(-c3cccc4ccccc34)c3c([2H])c([2H])c([2H])c([2H])c3c(-c3ccc(-c4ccc5c(c4)oc4cc6ccccc6cc45)cc3)c2c1[2H].[2H]c1c([2H])c([2H])c2c(-c3cccc4ccccc34)c3c([2H])c([2H])c([2H])c([2H])c3c(-c3ccc(-c4ccc5c(c4)oc4ccccc45)cc3)c2c1[2H]. The predicted molar refractivity (Wildman–Crippen MR) is 383 cm³/mol. The topological polar surface area (TPSA) is 26.3 Å². The molecule has 2 nitrogen and oxygen atoms in total. The smallest absolute Gasteiger partial charge is 0.136 e. The first kappa shape index (κ1) is 37.7. The van der Waals surface area contributed by atoms with Gasteiger partial charge in [0, 0.05) is 21.5 Å². The summed E-state index contributed by atoms with van der Waals surface area (Å²) >= 11 is 0. The first-order valence-electron chi connectivity index (χ1n) is 37.6. The Labute approximate surface area is 541 Å². The second-order valence-corrected chi connectivity index (χ2v) is 22.5. The van der Waals surface area contributed by atoms with E-state index in [0.29, 0.717) is 44.5 Å². The van der Waals surface area contributed by atoms with Crippen LogP contribution < -0.4 is 0 Å². The molecule has 2 aromatic heterocycles. The Balaban J connectivity index is 0.000000151. The summed E-state index contributed by atoms with van der Waals surface area (Å²) in [4.78, 5) is 0. The molecule has 0 aliphatic rings. The molecule has 0 bridgehead atoms. The van der Waals surface area contributed by atoms with E-state index in [1.165, 1.54) is 0 Å². The van der Waals surface area contributed by atoms with Crippen LogP contribution in [0.2, 0.25) is 0 Å². The average molecular weight is 1160 g/mol. The molecule has 0 spiro atoms. The zero-order chi connectivity index (χ0) is 73.2. The van der Waals surface area contributed by atoms with Gasteiger partial charge in [-0.1, -0.05) is 285 Å². The summed E-state index contributed by atoms with van der Waals surface area (Å²) in [5.41, 5.74) is 10.3. The molecular formula is C88H54O2. The first-order chi connectivity index (χ1) is 51.3. The summed E-state index contributed by atoms with van der Waals surface area (Å²) < 4.78 is 156. The third kappa shape index (κ3) is 8.41. The third-order valence-electron chi connectivity index (χ3n) is 17.6. The number of para-hydroxylation sites is 1. The first-order valence-corrected chi connectivity index (χ1v) is 29.6. The molecule has 90 heavy (non-hydrogen) atoms. The molecule has 0 atom stereocenters. The molecule has 2 heteroatoms. The van der Waals surface area contributed by atoms with Crippen LogP contribution in [-0.2, 0) is 0 Å². The molecular weight excluding hydrogens is 1090 g/mol. The highest BCUT2D eigenvalue weighted by Crippen LogP contribution is 2.48. The molecule has 0 radical (unpaired) electrons. The van der Waals surface area contributed by atoms with E-state index < -0.39 is 48.3 Å². The van der Waals surface area contributed by atoms with Crippen LogP contribution in [0.4, 0.5) is 0 Å². The van der Waals surface area contributed by atoms with Crippen molar-refractivity contribution >= 4 is 119 Å². The Morgan fingerprint density at radius 1 is 0.189 bits per heavy atom. The molecule has 0 N–H and O–H groups in total. The lowest BCUT2D eigenvalue weighted by atomic mass is 9.84. The van der Waals surface area contributed by atoms with Crippen LogP contribution >= 0.6 is 0 Å². The minimum Gasteiger partial charge on any atom is -0.456 e. The zero-order valence-corrected chi connectivity index (χ0v) is 47.8. The number of hydrogen-bond donors (Lipinski definition) is 0. The highest BCUT2D eigenvalue weighted by atomic mass is 16.3. The molecule has 418 valence electrons. The van der Waals surface area contributed by atoms with Crippen LogP contribution in [0.1, 0.15) is 21.9 Å². The number of rotatable bonds is 6. The molecule has 0 saturated heterocycles. The molecule has 2 heterocycles. The summed E-state index contributed by atoms with van der Waals surface area (Å²) in [6.45, 7) is 0. The maximum atomic E-state index is 9.29. The zero-order valence-electron chi connectivity index (χ0n) is 63.8. The Morgan fingerprint density at radius 2 is 0.500 bits per heavy atom. The highest BCUT2D eigenvalue weighted by molar-refractivity contribution is 6.25. The summed E-state index contributed by atoms with van der Waals surface area (Å²) in [5.74, 6) is 0. The lowest BCUT2D eigenvalue weighted by molar-refractivity contribution is 0.669. The van der Waals surface area contributed by atoms with Crippen LogP contribution in [0.5, 0.6) is 0 Å². The van der Waals surface area contributed by atoms with Crippen LogP contribution in [0, 0.1) is 0 Å². The summed E-state index contributed by atoms with van der Waals surface area (Å²) in [7, 11) is 0. The molecule has 0 saturated carbocycles. The van der Waals surface area contributed by atoms with Gasteiger partial charge in [-0.3, -0.25) is 0 Å². The minimum atomic E-state index is -0.425. The summed E-state index contributed by atoms with van der Waals surface area (Å²) in [6.07, 6.45) is 0. The van der Waals surface area contributed by atoms with E-state index in [1.54, 1.807) is 0 Å². The van der Waals surface area contributed by atoms with Gasteiger partial charge in [0.2, 0.25) is 0 Å². The Bertz CT molecular complexity index is 6910. The van der Waals surface area contributed by atoms with Crippen molar-refractivity contribution in [2.75, 3.05) is 0 Å². The van der Waals surface area contributed by atoms with Crippen molar-refractivity contribution in [2.45, 2.75) is 0 Å². The van der Waals surface area contributed by atoms with Crippen molar-refractivity contribution < 1.29 is 30.8 Å². The number of hydrogen-bond acceptors (Lipinski definition) is 2. The van der Waals surface area contributed by atoms with Gasteiger partial charge in [0.15, 0.2) is 0 Å². The number of fused-ring (bicyclic) bond motifs is 13. The van der Waals surface area contributed by atoms with E-state index in [0.717, 1.165) is 98.4 Å². The fraction of sp³-hybridized carbons (Fsp3) is 0. The maximum Gasteiger partial charge on any atom is 0.136 e. The van der Waals surface area contributed by atoms with Crippen molar-refractivity contribution in [2.24, 2.45) is 0 Å². The second-order valence-electron chi connectivity index (χ2n) is 22.5. The largest absolute Gasteiger partial charge is 0.456 e. The lowest BCUT2D eigenvalue weighted by Crippen LogP contribution is -1.91. The van der Waals surface area contributed by atoms with Crippen LogP contribution in [-0.4, -0.2) is 0 Å². The van der Waals surface area contributed by atoms with E-state index in [9.17, 15) is 11.0 Å². The number of furan rings is 2. The van der Waals surface area contributed by atoms with Gasteiger partial charge in [0.25, 0.3) is 0 Å². The standard InChI is InChI=1S/C46H28O.C42H26O/c1-2-12-33-27-44-42(26-32(33)11-1)36-25-24-34(28-43(36)47-44)29-20-22-31(23-21-29)45-38-15-5-7-17-40(38)46(41-18-8-6-16-39(41)45)37-19-9-13-30-10-3-4-14-35(30)37;1-2-12-31-28(10-1)11-9-18-34(31)42-37-16-5-3-14-35(37)41(36-15-4-6-17-38(36)42)29-22-20-27(21-23-29)30-24-25-33-32-13-7-8-19-39(32)43-40(33)26-30/h1-28H;1-26H/i5D,6D,7D,8D,15D,16D,17D,18D;3D,4D,5D,6D,14D,15D,16D,17D. The minimum absolute atomic E-state index is 0.190. The molecule has 0 amide bonds. The van der Waals surface area contributed by atoms with E-state index in [-0.39, 0.29) is 91.4 Å². The van der Waals surface area contributed by atoms with Crippen molar-refractivity contribution in [3.05, 3.63) is 327 Å². The molecule has 17 aromatic carbocycles. The normalized spacial score (nSPS) is 14.3. The number of benzene rings is 17. The van der Waals surface area contributed by atoms with Gasteiger partial charge in [0.1, 0.15) is 22.3 Å². The van der Waals surface area contributed by atoms with Gasteiger partial charge in [-0.2, -0.15) is 0 Å². The van der Waals surface area contributed by atoms with Gasteiger partial charge >= 0.3 is 0 Å². The molecule has 19 rings (SSSR count). The van der Waals surface area contributed by atoms with Crippen LogP contribution in [0.15, 0.2) is 336 Å². The van der Waals surface area contributed by atoms with Gasteiger partial charge in [0.05, 0.1) is 21.9 Å². The average Bonchev–Trinajstić information content (AvgIpc) is 0.875. The Kier molecular flexibility index (Phi) is 8.77. The van der Waals surface area contributed by atoms with Crippen molar-refractivity contribution in [3.8, 4) is 66.8 Å². The van der Waals surface area contributed by atoms with Crippen LogP contribution in [0.25, 0.3) is 186 Å². The molecule has 0 aliphatic carbocycles. The Hall–Kier alpha value is -11.8. The van der Waals surface area contributed by atoms with E-state index in [1.807, 2.05) is 200 Å². The van der Waals surface area contributed by atoms with Crippen molar-refractivity contribution in [1.29, 1.82) is 0 Å². The maximum absolute atomic E-state index is 9.29. The highest BCUT2D eigenvalue weighted by Gasteiger charge is 2.21. The fourth-order valence-corrected chi connectivity index (χ4v) is 13.5. The van der Waals surface area contributed by atoms with Gasteiger partial charge in [-0.25, -0.2) is 0 Å². The Morgan fingerprint density at radius 3 is 0.956 bits per heavy atom. The van der Waals surface area contributed by atoms with Crippen LogP contribution in [0.3, 0.4) is 0 Å². The fourth-order valence-electron chi connectivity index (χ4n) is 13.5. The summed E-state index contributed by atoms with van der Waals surface area (Å²) in [6, 6.07) is 68.4. The monoisotopic (exact) mass is 1160 g/mol. The molecule has 0 aliphatic heterocycles. The predicted octanol–water partition coefficient (Wildman–Crippen LogP) is 25.2. The van der Waals surface area contributed by atoms with Gasteiger partial charge < -0.3 is 8.83 Å². The quantitative estimate of drug-likeness (QED) is 0.155. The van der Waals surface area contributed by atoms with E-state index in [2.05, 4.69) is 30.3 Å². The molecule has 19 aromatic rings. The summed E-state index contributed by atoms with van der Waals surface area (Å²) in [5, 5.41) is 11.2. The van der Waals surface area contributed by atoms with Crippen molar-refractivity contribution in [1.82, 2.24) is 0 Å². The third-order valence-corrected chi connectivity index (χ3v) is 17.6. The molecule has 0 unspecified atom stereocenters. The van der Waals surface area contributed by atoms with E-state index in [4.69, 9.17) is 19.8 Å². The van der Waals surface area contributed by atoms with E-state index >= 15 is 0 Å². The van der Waals surface area contributed by atoms with Gasteiger partial charge in [-0.05, 0) is 185 Å². The molecule has 0 fully saturated rings. The lowest BCUT2D eigenvalue weighted by Gasteiger charge is -2.19. The van der Waals surface area contributed by atoms with Gasteiger partial charge in [-0.15, -0.1) is 0 Å². The second kappa shape index (κ2) is 21.0.